The number of carbonyl (C=O) groups is 1. The maximum atomic E-state index is 12.0. The number of benzene rings is 1. The lowest BCUT2D eigenvalue weighted by molar-refractivity contribution is -0.274. The number of halogens is 3. The van der Waals surface area contributed by atoms with Crippen molar-refractivity contribution in [2.45, 2.75) is 26.3 Å². The Balaban J connectivity index is 2.77. The highest BCUT2D eigenvalue weighted by Gasteiger charge is 2.31. The molecule has 0 saturated carbocycles. The minimum Gasteiger partial charge on any atom is -0.406 e. The van der Waals surface area contributed by atoms with Crippen LogP contribution in [0.25, 0.3) is 0 Å². The number of nitrogens with two attached hydrogens (primary N) is 1. The predicted octanol–water partition coefficient (Wildman–Crippen LogP) is 2.63. The number of alkyl halides is 3. The molecule has 1 unspecified atom stereocenters. The van der Waals surface area contributed by atoms with E-state index in [0.717, 1.165) is 12.1 Å². The number of rotatable bonds is 5. The van der Waals surface area contributed by atoms with Gasteiger partial charge in [-0.05, 0) is 30.2 Å². The quantitative estimate of drug-likeness (QED) is 0.819. The van der Waals surface area contributed by atoms with Crippen LogP contribution in [-0.4, -0.2) is 23.3 Å². The third kappa shape index (κ3) is 5.58. The molecule has 0 aliphatic heterocycles. The summed E-state index contributed by atoms with van der Waals surface area (Å²) in [6.45, 7) is 3.68. The van der Waals surface area contributed by atoms with E-state index >= 15 is 0 Å². The molecule has 3 N–H and O–H groups in total. The van der Waals surface area contributed by atoms with Crippen LogP contribution in [0.1, 0.15) is 24.2 Å². The lowest BCUT2D eigenvalue weighted by Crippen LogP contribution is -2.46. The molecule has 21 heavy (non-hydrogen) atoms. The fourth-order valence-corrected chi connectivity index (χ4v) is 1.93. The van der Waals surface area contributed by atoms with Gasteiger partial charge in [0, 0.05) is 5.56 Å². The van der Waals surface area contributed by atoms with Crippen molar-refractivity contribution in [3.63, 3.8) is 0 Å². The lowest BCUT2D eigenvalue weighted by Gasteiger charge is -2.21. The normalized spacial score (nSPS) is 12.9. The van der Waals surface area contributed by atoms with E-state index in [1.807, 2.05) is 13.8 Å². The van der Waals surface area contributed by atoms with Crippen molar-refractivity contribution in [3.8, 4) is 5.75 Å². The van der Waals surface area contributed by atoms with E-state index < -0.39 is 24.1 Å². The van der Waals surface area contributed by atoms with Gasteiger partial charge < -0.3 is 15.8 Å². The highest BCUT2D eigenvalue weighted by Crippen LogP contribution is 2.22. The topological polar surface area (TPSA) is 64.3 Å². The first-order valence-electron chi connectivity index (χ1n) is 6.06. The number of ether oxygens (including phenoxy) is 1. The average molecular weight is 320 g/mol. The van der Waals surface area contributed by atoms with Crippen LogP contribution in [0.2, 0.25) is 0 Å². The molecule has 4 nitrogen and oxygen atoms in total. The van der Waals surface area contributed by atoms with Crippen LogP contribution in [0.15, 0.2) is 24.3 Å². The predicted molar refractivity (Wildman–Crippen MR) is 76.0 cm³/mol. The third-order valence-corrected chi connectivity index (χ3v) is 2.86. The molecule has 0 spiro atoms. The van der Waals surface area contributed by atoms with E-state index in [4.69, 9.17) is 18.0 Å². The van der Waals surface area contributed by atoms with Crippen LogP contribution in [0, 0.1) is 5.92 Å². The Labute approximate surface area is 125 Å². The zero-order valence-corrected chi connectivity index (χ0v) is 12.2. The second-order valence-corrected chi connectivity index (χ2v) is 5.14. The van der Waals surface area contributed by atoms with Gasteiger partial charge >= 0.3 is 6.36 Å². The molecule has 1 aromatic carbocycles. The van der Waals surface area contributed by atoms with Crippen LogP contribution in [0.4, 0.5) is 13.2 Å². The zero-order chi connectivity index (χ0) is 16.2. The molecule has 0 fully saturated rings. The van der Waals surface area contributed by atoms with E-state index in [1.165, 1.54) is 12.1 Å². The van der Waals surface area contributed by atoms with Gasteiger partial charge in [0.2, 0.25) is 0 Å². The molecule has 0 bridgehead atoms. The number of carbonyl (C=O) groups excluding carboxylic acids is 1. The second-order valence-electron chi connectivity index (χ2n) is 4.67. The van der Waals surface area contributed by atoms with E-state index in [-0.39, 0.29) is 16.5 Å². The Bertz CT molecular complexity index is 515. The van der Waals surface area contributed by atoms with Gasteiger partial charge in [0.1, 0.15) is 5.75 Å². The SMILES string of the molecule is CC(C)C(NC(=O)c1ccc(OC(F)(F)F)cc1)C(N)=S. The van der Waals surface area contributed by atoms with Gasteiger partial charge in [-0.25, -0.2) is 0 Å². The standard InChI is InChI=1S/C13H15F3N2O2S/c1-7(2)10(11(17)21)18-12(19)8-3-5-9(6-4-8)20-13(14,15)16/h3-7,10H,1-2H3,(H2,17,21)(H,18,19). The summed E-state index contributed by atoms with van der Waals surface area (Å²) in [7, 11) is 0. The zero-order valence-electron chi connectivity index (χ0n) is 11.4. The molecule has 1 amide bonds. The molecule has 0 saturated heterocycles. The lowest BCUT2D eigenvalue weighted by atomic mass is 10.0. The highest BCUT2D eigenvalue weighted by atomic mass is 32.1. The van der Waals surface area contributed by atoms with Gasteiger partial charge in [0.25, 0.3) is 5.91 Å². The Kier molecular flexibility index (Phi) is 5.54. The van der Waals surface area contributed by atoms with Crippen molar-refractivity contribution in [1.82, 2.24) is 5.32 Å². The smallest absolute Gasteiger partial charge is 0.406 e. The van der Waals surface area contributed by atoms with Gasteiger partial charge in [-0.1, -0.05) is 26.1 Å². The molecule has 0 radical (unpaired) electrons. The number of hydrogen-bond acceptors (Lipinski definition) is 3. The summed E-state index contributed by atoms with van der Waals surface area (Å²) in [5.74, 6) is -0.867. The molecular formula is C13H15F3N2O2S. The summed E-state index contributed by atoms with van der Waals surface area (Å²) in [6, 6.07) is 4.10. The van der Waals surface area contributed by atoms with Crippen molar-refractivity contribution >= 4 is 23.1 Å². The van der Waals surface area contributed by atoms with Crippen molar-refractivity contribution < 1.29 is 22.7 Å². The van der Waals surface area contributed by atoms with Crippen LogP contribution in [0.3, 0.4) is 0 Å². The average Bonchev–Trinajstić information content (AvgIpc) is 2.33. The molecule has 0 aliphatic rings. The molecule has 0 aliphatic carbocycles. The maximum absolute atomic E-state index is 12.0. The fraction of sp³-hybridized carbons (Fsp3) is 0.385. The third-order valence-electron chi connectivity index (χ3n) is 2.61. The van der Waals surface area contributed by atoms with Crippen LogP contribution >= 0.6 is 12.2 Å². The van der Waals surface area contributed by atoms with E-state index in [1.54, 1.807) is 0 Å². The van der Waals surface area contributed by atoms with Crippen molar-refractivity contribution in [3.05, 3.63) is 29.8 Å². The fourth-order valence-electron chi connectivity index (χ4n) is 1.60. The van der Waals surface area contributed by atoms with Gasteiger partial charge in [-0.3, -0.25) is 4.79 Å². The van der Waals surface area contributed by atoms with Crippen molar-refractivity contribution in [2.24, 2.45) is 11.7 Å². The summed E-state index contributed by atoms with van der Waals surface area (Å²) >= 11 is 4.86. The molecule has 8 heteroatoms. The molecule has 0 aromatic heterocycles. The first-order chi connectivity index (χ1) is 9.60. The minimum absolute atomic E-state index is 0.000661. The molecule has 1 aromatic rings. The van der Waals surface area contributed by atoms with E-state index in [9.17, 15) is 18.0 Å². The van der Waals surface area contributed by atoms with Crippen LogP contribution in [0.5, 0.6) is 5.75 Å². The van der Waals surface area contributed by atoms with Gasteiger partial charge in [0.15, 0.2) is 0 Å². The summed E-state index contributed by atoms with van der Waals surface area (Å²) in [5, 5.41) is 2.63. The molecule has 0 heterocycles. The van der Waals surface area contributed by atoms with Crippen LogP contribution in [-0.2, 0) is 0 Å². The maximum Gasteiger partial charge on any atom is 0.573 e. The monoisotopic (exact) mass is 320 g/mol. The molecule has 1 atom stereocenters. The number of amides is 1. The first kappa shape index (κ1) is 17.2. The van der Waals surface area contributed by atoms with Gasteiger partial charge in [0.05, 0.1) is 11.0 Å². The Morgan fingerprint density at radius 2 is 1.81 bits per heavy atom. The summed E-state index contributed by atoms with van der Waals surface area (Å²) < 4.78 is 39.8. The summed E-state index contributed by atoms with van der Waals surface area (Å²) in [5.41, 5.74) is 5.72. The van der Waals surface area contributed by atoms with Crippen LogP contribution < -0.4 is 15.8 Å². The Morgan fingerprint density at radius 1 is 1.29 bits per heavy atom. The van der Waals surface area contributed by atoms with Gasteiger partial charge in [-0.15, -0.1) is 13.2 Å². The van der Waals surface area contributed by atoms with E-state index in [2.05, 4.69) is 10.1 Å². The molecule has 116 valence electrons. The Hall–Kier alpha value is -1.83. The van der Waals surface area contributed by atoms with Gasteiger partial charge in [-0.2, -0.15) is 0 Å². The second kappa shape index (κ2) is 6.75. The van der Waals surface area contributed by atoms with E-state index in [0.29, 0.717) is 0 Å². The summed E-state index contributed by atoms with van der Waals surface area (Å²) in [6.07, 6.45) is -4.77. The van der Waals surface area contributed by atoms with Crippen molar-refractivity contribution in [1.29, 1.82) is 0 Å². The molecule has 1 rings (SSSR count). The Morgan fingerprint density at radius 3 is 2.19 bits per heavy atom. The number of nitrogens with one attached hydrogen (secondary N) is 1. The largest absolute Gasteiger partial charge is 0.573 e. The number of hydrogen-bond donors (Lipinski definition) is 2. The summed E-state index contributed by atoms with van der Waals surface area (Å²) in [4.78, 5) is 12.1. The first-order valence-corrected chi connectivity index (χ1v) is 6.47. The number of thiocarbonyl (C=S) groups is 1. The molecular weight excluding hydrogens is 305 g/mol. The minimum atomic E-state index is -4.77. The highest BCUT2D eigenvalue weighted by molar-refractivity contribution is 7.80. The van der Waals surface area contributed by atoms with Crippen molar-refractivity contribution in [2.75, 3.05) is 0 Å².